The molecule has 0 radical (unpaired) electrons. The number of halogens is 3. The second kappa shape index (κ2) is 6.95. The van der Waals surface area contributed by atoms with E-state index < -0.39 is 17.5 Å². The van der Waals surface area contributed by atoms with Gasteiger partial charge in [-0.15, -0.1) is 0 Å². The molecule has 2 aromatic heterocycles. The van der Waals surface area contributed by atoms with Crippen LogP contribution in [-0.4, -0.2) is 16.1 Å². The topological polar surface area (TPSA) is 52.4 Å². The molecule has 0 amide bonds. The Morgan fingerprint density at radius 1 is 1.21 bits per heavy atom. The molecule has 0 fully saturated rings. The SMILES string of the molecule is [C-]#[N+]C/C=C/c1ccc2ncc3oc(=O)n(-c4cccc(C(F)(F)F)c4)c3c2c1. The summed E-state index contributed by atoms with van der Waals surface area (Å²) in [5, 5.41) is 0.552. The minimum Gasteiger partial charge on any atom is -0.406 e. The zero-order valence-corrected chi connectivity index (χ0v) is 14.8. The molecule has 0 N–H and O–H groups in total. The molecule has 0 atom stereocenters. The van der Waals surface area contributed by atoms with Crippen LogP contribution in [0.15, 0.2) is 63.9 Å². The number of rotatable bonds is 3. The number of oxazole rings is 1. The summed E-state index contributed by atoms with van der Waals surface area (Å²) in [6.45, 7) is 7.05. The van der Waals surface area contributed by atoms with E-state index in [1.165, 1.54) is 18.3 Å². The minimum absolute atomic E-state index is 0.0463. The van der Waals surface area contributed by atoms with Crippen LogP contribution < -0.4 is 5.76 Å². The zero-order valence-electron chi connectivity index (χ0n) is 14.8. The largest absolute Gasteiger partial charge is 0.424 e. The van der Waals surface area contributed by atoms with Gasteiger partial charge >= 0.3 is 11.9 Å². The van der Waals surface area contributed by atoms with Crippen LogP contribution in [0.25, 0.3) is 38.6 Å². The van der Waals surface area contributed by atoms with E-state index in [1.54, 1.807) is 30.4 Å². The predicted octanol–water partition coefficient (Wildman–Crippen LogP) is 5.08. The number of aromatic nitrogens is 2. The summed E-state index contributed by atoms with van der Waals surface area (Å²) in [6, 6.07) is 9.79. The molecule has 2 aromatic carbocycles. The van der Waals surface area contributed by atoms with E-state index >= 15 is 0 Å². The van der Waals surface area contributed by atoms with E-state index in [2.05, 4.69) is 9.83 Å². The number of hydrogen-bond acceptors (Lipinski definition) is 3. The van der Waals surface area contributed by atoms with Crippen molar-refractivity contribution >= 4 is 28.1 Å². The monoisotopic (exact) mass is 395 g/mol. The second-order valence-electron chi connectivity index (χ2n) is 6.24. The summed E-state index contributed by atoms with van der Waals surface area (Å²) in [7, 11) is 0. The third-order valence-corrected chi connectivity index (χ3v) is 4.37. The number of alkyl halides is 3. The molecule has 2 heterocycles. The third kappa shape index (κ3) is 3.38. The first-order valence-corrected chi connectivity index (χ1v) is 8.50. The number of pyridine rings is 1. The van der Waals surface area contributed by atoms with Crippen LogP contribution in [0.5, 0.6) is 0 Å². The maximum absolute atomic E-state index is 13.1. The Kier molecular flexibility index (Phi) is 4.43. The third-order valence-electron chi connectivity index (χ3n) is 4.37. The Balaban J connectivity index is 2.00. The smallest absolute Gasteiger partial charge is 0.406 e. The van der Waals surface area contributed by atoms with Gasteiger partial charge in [0.25, 0.3) is 0 Å². The van der Waals surface area contributed by atoms with Crippen molar-refractivity contribution in [2.45, 2.75) is 6.18 Å². The highest BCUT2D eigenvalue weighted by Crippen LogP contribution is 2.32. The first kappa shape index (κ1) is 18.5. The van der Waals surface area contributed by atoms with Crippen LogP contribution in [0.1, 0.15) is 11.1 Å². The van der Waals surface area contributed by atoms with Crippen molar-refractivity contribution < 1.29 is 17.6 Å². The number of fused-ring (bicyclic) bond motifs is 3. The van der Waals surface area contributed by atoms with Gasteiger partial charge in [-0.25, -0.2) is 15.9 Å². The van der Waals surface area contributed by atoms with E-state index in [4.69, 9.17) is 11.0 Å². The van der Waals surface area contributed by atoms with E-state index in [0.717, 1.165) is 22.3 Å². The molecule has 0 saturated carbocycles. The summed E-state index contributed by atoms with van der Waals surface area (Å²) in [5.74, 6) is -0.803. The van der Waals surface area contributed by atoms with Gasteiger partial charge in [0.2, 0.25) is 6.54 Å². The molecule has 0 bridgehead atoms. The molecule has 144 valence electrons. The maximum atomic E-state index is 13.1. The zero-order chi connectivity index (χ0) is 20.6. The van der Waals surface area contributed by atoms with Crippen LogP contribution in [-0.2, 0) is 6.18 Å². The molecular formula is C21H12F3N3O2. The van der Waals surface area contributed by atoms with Crippen molar-refractivity contribution in [3.05, 3.63) is 87.8 Å². The standard InChI is InChI=1S/C21H12F3N3O2/c1-25-9-3-4-13-7-8-17-16(10-13)19-18(12-26-17)29-20(28)27(19)15-6-2-5-14(11-15)21(22,23)24/h2-8,10-12H,9H2/b4-3+. The van der Waals surface area contributed by atoms with Gasteiger partial charge in [-0.05, 0) is 42.0 Å². The molecule has 0 spiro atoms. The molecule has 29 heavy (non-hydrogen) atoms. The molecule has 0 unspecified atom stereocenters. The van der Waals surface area contributed by atoms with Crippen molar-refractivity contribution in [3.8, 4) is 5.69 Å². The fourth-order valence-corrected chi connectivity index (χ4v) is 3.12. The van der Waals surface area contributed by atoms with E-state index in [-0.39, 0.29) is 17.8 Å². The van der Waals surface area contributed by atoms with Crippen LogP contribution in [0, 0.1) is 6.57 Å². The lowest BCUT2D eigenvalue weighted by Crippen LogP contribution is -2.13. The lowest BCUT2D eigenvalue weighted by atomic mass is 10.1. The molecule has 4 aromatic rings. The Morgan fingerprint density at radius 2 is 2.03 bits per heavy atom. The predicted molar refractivity (Wildman–Crippen MR) is 103 cm³/mol. The van der Waals surface area contributed by atoms with Gasteiger partial charge in [0, 0.05) is 5.39 Å². The Hall–Kier alpha value is -3.86. The van der Waals surface area contributed by atoms with Crippen LogP contribution in [0.2, 0.25) is 0 Å². The normalized spacial score (nSPS) is 12.1. The average molecular weight is 395 g/mol. The van der Waals surface area contributed by atoms with Crippen molar-refractivity contribution in [3.63, 3.8) is 0 Å². The summed E-state index contributed by atoms with van der Waals surface area (Å²) < 4.78 is 45.7. The lowest BCUT2D eigenvalue weighted by molar-refractivity contribution is -0.137. The molecule has 8 heteroatoms. The van der Waals surface area contributed by atoms with Crippen LogP contribution >= 0.6 is 0 Å². The van der Waals surface area contributed by atoms with Gasteiger partial charge in [0.05, 0.1) is 23.0 Å². The fraction of sp³-hybridized carbons (Fsp3) is 0.0952. The Bertz CT molecular complexity index is 1360. The van der Waals surface area contributed by atoms with E-state index in [9.17, 15) is 18.0 Å². The van der Waals surface area contributed by atoms with Crippen LogP contribution in [0.3, 0.4) is 0 Å². The Labute approximate surface area is 162 Å². The maximum Gasteiger partial charge on any atom is 0.424 e. The molecule has 0 aliphatic rings. The summed E-state index contributed by atoms with van der Waals surface area (Å²) in [5.41, 5.74) is 1.01. The summed E-state index contributed by atoms with van der Waals surface area (Å²) in [4.78, 5) is 20.0. The van der Waals surface area contributed by atoms with Gasteiger partial charge in [-0.1, -0.05) is 18.2 Å². The average Bonchev–Trinajstić information content (AvgIpc) is 3.04. The van der Waals surface area contributed by atoms with Gasteiger partial charge in [0.1, 0.15) is 5.52 Å². The summed E-state index contributed by atoms with van der Waals surface area (Å²) >= 11 is 0. The van der Waals surface area contributed by atoms with E-state index in [0.29, 0.717) is 16.4 Å². The van der Waals surface area contributed by atoms with Gasteiger partial charge in [-0.2, -0.15) is 13.2 Å². The number of hydrogen-bond donors (Lipinski definition) is 0. The molecule has 0 saturated heterocycles. The quantitative estimate of drug-likeness (QED) is 0.455. The number of benzene rings is 2. The highest BCUT2D eigenvalue weighted by atomic mass is 19.4. The minimum atomic E-state index is -4.54. The first-order chi connectivity index (χ1) is 13.9. The van der Waals surface area contributed by atoms with Crippen molar-refractivity contribution in [1.82, 2.24) is 9.55 Å². The molecular weight excluding hydrogens is 383 g/mol. The summed E-state index contributed by atoms with van der Waals surface area (Å²) in [6.07, 6.45) is 0.279. The molecule has 0 aliphatic heterocycles. The van der Waals surface area contributed by atoms with E-state index in [1.807, 2.05) is 0 Å². The van der Waals surface area contributed by atoms with Gasteiger partial charge in [-0.3, -0.25) is 4.98 Å². The second-order valence-corrected chi connectivity index (χ2v) is 6.24. The van der Waals surface area contributed by atoms with Gasteiger partial charge < -0.3 is 9.26 Å². The van der Waals surface area contributed by atoms with Crippen LogP contribution in [0.4, 0.5) is 13.2 Å². The lowest BCUT2D eigenvalue weighted by Gasteiger charge is -2.10. The first-order valence-electron chi connectivity index (χ1n) is 8.50. The van der Waals surface area contributed by atoms with Crippen molar-refractivity contribution in [2.75, 3.05) is 6.54 Å². The molecule has 0 aliphatic carbocycles. The number of nitrogens with zero attached hydrogens (tertiary/aromatic N) is 3. The molecule has 5 nitrogen and oxygen atoms in total. The van der Waals surface area contributed by atoms with Gasteiger partial charge in [0.15, 0.2) is 5.58 Å². The van der Waals surface area contributed by atoms with Crippen molar-refractivity contribution in [2.24, 2.45) is 0 Å². The highest BCUT2D eigenvalue weighted by molar-refractivity contribution is 6.02. The Morgan fingerprint density at radius 3 is 2.79 bits per heavy atom. The van der Waals surface area contributed by atoms with Crippen molar-refractivity contribution in [1.29, 1.82) is 0 Å². The fourth-order valence-electron chi connectivity index (χ4n) is 3.12. The highest BCUT2D eigenvalue weighted by Gasteiger charge is 2.31. The molecule has 4 rings (SSSR count).